The minimum Gasteiger partial charge on any atom is -0.340 e. The fraction of sp³-hybridized carbons (Fsp3) is 0.300. The molecular weight excluding hydrogens is 370 g/mol. The number of nitrogens with one attached hydrogen (secondary N) is 2. The molecular formula is C20H21N7O2. The van der Waals surface area contributed by atoms with Crippen molar-refractivity contribution in [1.29, 1.82) is 0 Å². The van der Waals surface area contributed by atoms with Crippen molar-refractivity contribution in [1.82, 2.24) is 30.0 Å². The maximum atomic E-state index is 12.4. The quantitative estimate of drug-likeness (QED) is 0.688. The van der Waals surface area contributed by atoms with Crippen LogP contribution in [0.15, 0.2) is 41.1 Å². The molecule has 9 nitrogen and oxygen atoms in total. The van der Waals surface area contributed by atoms with Gasteiger partial charge >= 0.3 is 0 Å². The van der Waals surface area contributed by atoms with Crippen LogP contribution in [0.4, 0.5) is 0 Å². The van der Waals surface area contributed by atoms with Gasteiger partial charge in [-0.25, -0.2) is 9.66 Å². The van der Waals surface area contributed by atoms with Gasteiger partial charge in [-0.3, -0.25) is 4.79 Å². The van der Waals surface area contributed by atoms with Gasteiger partial charge in [0.1, 0.15) is 6.42 Å². The first-order chi connectivity index (χ1) is 14.3. The number of rotatable bonds is 4. The van der Waals surface area contributed by atoms with Crippen LogP contribution in [-0.2, 0) is 11.2 Å². The summed E-state index contributed by atoms with van der Waals surface area (Å²) in [5.41, 5.74) is 5.88. The molecule has 0 unspecified atom stereocenters. The second-order valence-corrected chi connectivity index (χ2v) is 7.02. The Balaban J connectivity index is 1.34. The largest absolute Gasteiger partial charge is 0.340 e. The van der Waals surface area contributed by atoms with Crippen molar-refractivity contribution in [3.8, 4) is 22.6 Å². The summed E-state index contributed by atoms with van der Waals surface area (Å²) in [4.78, 5) is 23.3. The molecule has 4 heterocycles. The molecule has 0 aliphatic carbocycles. The van der Waals surface area contributed by atoms with Crippen LogP contribution in [0, 0.1) is 0 Å². The number of carbonyl (C=O) groups is 1. The molecule has 2 N–H and O–H groups in total. The van der Waals surface area contributed by atoms with Gasteiger partial charge in [0.05, 0.1) is 11.9 Å². The van der Waals surface area contributed by atoms with Crippen LogP contribution in [0.3, 0.4) is 0 Å². The van der Waals surface area contributed by atoms with Crippen molar-refractivity contribution in [2.24, 2.45) is 0 Å². The Hall–Kier alpha value is -3.46. The van der Waals surface area contributed by atoms with Gasteiger partial charge in [-0.05, 0) is 12.1 Å². The molecule has 5 rings (SSSR count). The van der Waals surface area contributed by atoms with Gasteiger partial charge in [-0.1, -0.05) is 29.4 Å². The van der Waals surface area contributed by atoms with E-state index in [1.54, 1.807) is 0 Å². The average Bonchev–Trinajstić information content (AvgIpc) is 3.41. The Kier molecular flexibility index (Phi) is 4.57. The number of hydrogen-bond donors (Lipinski definition) is 2. The van der Waals surface area contributed by atoms with E-state index in [0.717, 1.165) is 42.3 Å². The van der Waals surface area contributed by atoms with Gasteiger partial charge in [0, 0.05) is 43.9 Å². The summed E-state index contributed by atoms with van der Waals surface area (Å²) in [5, 5.41) is 7.30. The minimum atomic E-state index is 0.0135. The number of carbonyl (C=O) groups excluding carboxylic acids is 1. The summed E-state index contributed by atoms with van der Waals surface area (Å²) < 4.78 is 7.24. The fourth-order valence-electron chi connectivity index (χ4n) is 3.51. The van der Waals surface area contributed by atoms with Crippen LogP contribution >= 0.6 is 0 Å². The van der Waals surface area contributed by atoms with Crippen LogP contribution in [0.25, 0.3) is 28.7 Å². The van der Waals surface area contributed by atoms with Crippen LogP contribution in [-0.4, -0.2) is 63.3 Å². The van der Waals surface area contributed by atoms with E-state index >= 15 is 0 Å². The third-order valence-electron chi connectivity index (χ3n) is 5.04. The Bertz CT molecular complexity index is 1060. The average molecular weight is 391 g/mol. The molecule has 3 aromatic rings. The molecule has 1 amide bonds. The molecule has 1 aromatic carbocycles. The van der Waals surface area contributed by atoms with E-state index in [4.69, 9.17) is 4.52 Å². The predicted octanol–water partition coefficient (Wildman–Crippen LogP) is 1.14. The number of piperazine rings is 1. The van der Waals surface area contributed by atoms with E-state index < -0.39 is 0 Å². The standard InChI is InChI=1S/C20H21N7O2/c28-19(26-9-7-21-8-10-26)12-18-24-20(25-29-18)15-4-1-3-14(11-15)16-13-27-17(23-16)5-2-6-22-27/h1-5,11,13,21-22H,6-10,12H2. The van der Waals surface area contributed by atoms with Crippen molar-refractivity contribution < 1.29 is 9.32 Å². The fourth-order valence-corrected chi connectivity index (χ4v) is 3.51. The van der Waals surface area contributed by atoms with Gasteiger partial charge in [-0.15, -0.1) is 0 Å². The summed E-state index contributed by atoms with van der Waals surface area (Å²) >= 11 is 0. The summed E-state index contributed by atoms with van der Waals surface area (Å²) in [6.45, 7) is 3.83. The zero-order chi connectivity index (χ0) is 19.6. The van der Waals surface area contributed by atoms with Gasteiger partial charge < -0.3 is 20.2 Å². The lowest BCUT2D eigenvalue weighted by atomic mass is 10.1. The molecule has 148 valence electrons. The van der Waals surface area contributed by atoms with Crippen LogP contribution in [0.5, 0.6) is 0 Å². The Morgan fingerprint density at radius 2 is 2.03 bits per heavy atom. The highest BCUT2D eigenvalue weighted by Gasteiger charge is 2.20. The molecule has 0 radical (unpaired) electrons. The number of nitrogens with zero attached hydrogens (tertiary/aromatic N) is 5. The summed E-state index contributed by atoms with van der Waals surface area (Å²) in [6.07, 6.45) is 6.11. The first-order valence-electron chi connectivity index (χ1n) is 9.68. The van der Waals surface area contributed by atoms with E-state index in [9.17, 15) is 4.79 Å². The van der Waals surface area contributed by atoms with E-state index in [1.807, 2.05) is 52.2 Å². The van der Waals surface area contributed by atoms with E-state index in [1.165, 1.54) is 0 Å². The topological polar surface area (TPSA) is 101 Å². The first kappa shape index (κ1) is 17.6. The molecule has 0 spiro atoms. The Morgan fingerprint density at radius 3 is 2.90 bits per heavy atom. The summed E-state index contributed by atoms with van der Waals surface area (Å²) in [7, 11) is 0. The maximum Gasteiger partial charge on any atom is 0.236 e. The molecule has 0 atom stereocenters. The number of aromatic nitrogens is 4. The Morgan fingerprint density at radius 1 is 1.17 bits per heavy atom. The zero-order valence-corrected chi connectivity index (χ0v) is 15.8. The normalized spacial score (nSPS) is 15.8. The van der Waals surface area contributed by atoms with E-state index in [-0.39, 0.29) is 12.3 Å². The minimum absolute atomic E-state index is 0.0135. The Labute approximate surface area is 167 Å². The van der Waals surface area contributed by atoms with E-state index in [2.05, 4.69) is 25.9 Å². The highest BCUT2D eigenvalue weighted by Crippen LogP contribution is 2.25. The lowest BCUT2D eigenvalue weighted by molar-refractivity contribution is -0.131. The summed E-state index contributed by atoms with van der Waals surface area (Å²) in [5.74, 6) is 1.68. The van der Waals surface area contributed by atoms with Crippen LogP contribution in [0.2, 0.25) is 0 Å². The van der Waals surface area contributed by atoms with E-state index in [0.29, 0.717) is 24.8 Å². The van der Waals surface area contributed by atoms with Crippen LogP contribution < -0.4 is 10.7 Å². The van der Waals surface area contributed by atoms with Crippen molar-refractivity contribution in [2.75, 3.05) is 38.1 Å². The number of imidazole rings is 1. The molecule has 9 heteroatoms. The number of benzene rings is 1. The lowest BCUT2D eigenvalue weighted by Gasteiger charge is -2.26. The third-order valence-corrected chi connectivity index (χ3v) is 5.04. The molecule has 0 saturated carbocycles. The maximum absolute atomic E-state index is 12.4. The van der Waals surface area contributed by atoms with Crippen molar-refractivity contribution >= 4 is 12.0 Å². The highest BCUT2D eigenvalue weighted by atomic mass is 16.5. The monoisotopic (exact) mass is 391 g/mol. The number of amides is 1. The van der Waals surface area contributed by atoms with Gasteiger partial charge in [0.2, 0.25) is 17.6 Å². The molecule has 1 saturated heterocycles. The van der Waals surface area contributed by atoms with Crippen LogP contribution in [0.1, 0.15) is 11.7 Å². The van der Waals surface area contributed by atoms with Crippen molar-refractivity contribution in [3.63, 3.8) is 0 Å². The second kappa shape index (κ2) is 7.51. The van der Waals surface area contributed by atoms with Gasteiger partial charge in [0.15, 0.2) is 5.82 Å². The zero-order valence-electron chi connectivity index (χ0n) is 15.8. The predicted molar refractivity (Wildman–Crippen MR) is 107 cm³/mol. The highest BCUT2D eigenvalue weighted by molar-refractivity contribution is 5.78. The summed E-state index contributed by atoms with van der Waals surface area (Å²) in [6, 6.07) is 7.83. The smallest absolute Gasteiger partial charge is 0.236 e. The third kappa shape index (κ3) is 3.64. The second-order valence-electron chi connectivity index (χ2n) is 7.02. The first-order valence-corrected chi connectivity index (χ1v) is 9.68. The lowest BCUT2D eigenvalue weighted by Crippen LogP contribution is -2.46. The van der Waals surface area contributed by atoms with Gasteiger partial charge in [-0.2, -0.15) is 4.98 Å². The number of fused-ring (bicyclic) bond motifs is 1. The molecule has 2 aliphatic heterocycles. The number of hydrogen-bond acceptors (Lipinski definition) is 7. The van der Waals surface area contributed by atoms with Crippen molar-refractivity contribution in [2.45, 2.75) is 6.42 Å². The van der Waals surface area contributed by atoms with Gasteiger partial charge in [0.25, 0.3) is 0 Å². The molecule has 2 aromatic heterocycles. The molecule has 29 heavy (non-hydrogen) atoms. The molecule has 2 aliphatic rings. The molecule has 1 fully saturated rings. The SMILES string of the molecule is O=C(Cc1nc(-c2cccc(-c3cn4c(n3)C=CCN4)c2)no1)N1CCNCC1. The molecule has 0 bridgehead atoms. The van der Waals surface area contributed by atoms with Crippen molar-refractivity contribution in [3.05, 3.63) is 48.3 Å².